The summed E-state index contributed by atoms with van der Waals surface area (Å²) in [7, 11) is -3.28. The van der Waals surface area contributed by atoms with E-state index in [1.165, 1.54) is 0 Å². The molecule has 1 aromatic carbocycles. The Morgan fingerprint density at radius 2 is 2.10 bits per heavy atom. The average Bonchev–Trinajstić information content (AvgIpc) is 2.74. The van der Waals surface area contributed by atoms with Crippen molar-refractivity contribution in [3.05, 3.63) is 51.5 Å². The van der Waals surface area contributed by atoms with Gasteiger partial charge in [0.25, 0.3) is 0 Å². The lowest BCUT2D eigenvalue weighted by Gasteiger charge is -2.06. The molecular formula is C14H18N2O2S2. The summed E-state index contributed by atoms with van der Waals surface area (Å²) in [6.45, 7) is 4.31. The van der Waals surface area contributed by atoms with Crippen molar-refractivity contribution in [1.82, 2.24) is 9.71 Å². The van der Waals surface area contributed by atoms with Crippen LogP contribution in [0.4, 0.5) is 0 Å². The molecule has 2 aromatic rings. The Kier molecular flexibility index (Phi) is 4.91. The summed E-state index contributed by atoms with van der Waals surface area (Å²) < 4.78 is 26.6. The molecule has 1 aromatic heterocycles. The maximum Gasteiger partial charge on any atom is 0.215 e. The van der Waals surface area contributed by atoms with Gasteiger partial charge in [0.05, 0.1) is 10.8 Å². The molecule has 0 bridgehead atoms. The first-order valence-corrected chi connectivity index (χ1v) is 8.86. The maximum absolute atomic E-state index is 12.0. The van der Waals surface area contributed by atoms with Gasteiger partial charge >= 0.3 is 0 Å². The fourth-order valence-electron chi connectivity index (χ4n) is 1.92. The zero-order chi connectivity index (χ0) is 14.6. The second-order valence-electron chi connectivity index (χ2n) is 4.74. The van der Waals surface area contributed by atoms with E-state index in [1.807, 2.05) is 38.1 Å². The monoisotopic (exact) mass is 310 g/mol. The third-order valence-corrected chi connectivity index (χ3v) is 5.13. The number of benzene rings is 1. The number of nitrogens with one attached hydrogen (secondary N) is 1. The van der Waals surface area contributed by atoms with Gasteiger partial charge in [0.15, 0.2) is 0 Å². The van der Waals surface area contributed by atoms with Crippen LogP contribution < -0.4 is 4.72 Å². The van der Waals surface area contributed by atoms with Crippen LogP contribution >= 0.6 is 11.3 Å². The summed E-state index contributed by atoms with van der Waals surface area (Å²) in [5.74, 6) is 0.0242. The van der Waals surface area contributed by atoms with E-state index in [0.717, 1.165) is 21.0 Å². The molecule has 0 aliphatic rings. The molecule has 108 valence electrons. The molecule has 0 saturated carbocycles. The third-order valence-electron chi connectivity index (χ3n) is 2.80. The highest BCUT2D eigenvalue weighted by Gasteiger charge is 2.11. The van der Waals surface area contributed by atoms with Gasteiger partial charge in [-0.05, 0) is 25.8 Å². The summed E-state index contributed by atoms with van der Waals surface area (Å²) in [6.07, 6.45) is 2.48. The molecule has 6 heteroatoms. The van der Waals surface area contributed by atoms with Crippen LogP contribution in [0.25, 0.3) is 0 Å². The van der Waals surface area contributed by atoms with E-state index in [-0.39, 0.29) is 5.75 Å². The highest BCUT2D eigenvalue weighted by atomic mass is 32.2. The second-order valence-corrected chi connectivity index (χ2v) is 7.86. The van der Waals surface area contributed by atoms with Gasteiger partial charge in [-0.15, -0.1) is 11.3 Å². The summed E-state index contributed by atoms with van der Waals surface area (Å²) >= 11 is 1.60. The Morgan fingerprint density at radius 3 is 2.75 bits per heavy atom. The van der Waals surface area contributed by atoms with Crippen molar-refractivity contribution in [2.75, 3.05) is 6.54 Å². The number of hydrogen-bond donors (Lipinski definition) is 1. The minimum Gasteiger partial charge on any atom is -0.250 e. The van der Waals surface area contributed by atoms with E-state index in [4.69, 9.17) is 0 Å². The average molecular weight is 310 g/mol. The van der Waals surface area contributed by atoms with E-state index < -0.39 is 10.0 Å². The van der Waals surface area contributed by atoms with Gasteiger partial charge in [-0.25, -0.2) is 18.1 Å². The highest BCUT2D eigenvalue weighted by Crippen LogP contribution is 2.12. The van der Waals surface area contributed by atoms with E-state index in [9.17, 15) is 8.42 Å². The molecule has 0 spiro atoms. The van der Waals surface area contributed by atoms with Crippen LogP contribution in [0, 0.1) is 13.8 Å². The number of hydrogen-bond acceptors (Lipinski definition) is 4. The Bertz CT molecular complexity index is 678. The Hall–Kier alpha value is -1.24. The molecule has 0 unspecified atom stereocenters. The SMILES string of the molecule is Cc1cccc(CS(=O)(=O)NCCc2cnc(C)s2)c1. The first kappa shape index (κ1) is 15.2. The molecule has 0 fully saturated rings. The number of nitrogens with zero attached hydrogens (tertiary/aromatic N) is 1. The van der Waals surface area contributed by atoms with E-state index in [0.29, 0.717) is 13.0 Å². The predicted octanol–water partition coefficient (Wildman–Crippen LogP) is 2.42. The summed E-state index contributed by atoms with van der Waals surface area (Å²) in [5, 5.41) is 1.00. The standard InChI is InChI=1S/C14H18N2O2S2/c1-11-4-3-5-13(8-11)10-20(17,18)16-7-6-14-9-15-12(2)19-14/h3-5,8-9,16H,6-7,10H2,1-2H3. The van der Waals surface area contributed by atoms with Gasteiger partial charge in [0.1, 0.15) is 0 Å². The smallest absolute Gasteiger partial charge is 0.215 e. The number of sulfonamides is 1. The van der Waals surface area contributed by atoms with E-state index in [1.54, 1.807) is 17.5 Å². The zero-order valence-electron chi connectivity index (χ0n) is 11.6. The molecule has 0 saturated heterocycles. The van der Waals surface area contributed by atoms with Crippen molar-refractivity contribution < 1.29 is 8.42 Å². The number of rotatable bonds is 6. The van der Waals surface area contributed by atoms with Crippen LogP contribution in [0.5, 0.6) is 0 Å². The Morgan fingerprint density at radius 1 is 1.30 bits per heavy atom. The first-order chi connectivity index (χ1) is 9.44. The first-order valence-electron chi connectivity index (χ1n) is 6.39. The van der Waals surface area contributed by atoms with Crippen LogP contribution in [-0.4, -0.2) is 19.9 Å². The maximum atomic E-state index is 12.0. The molecule has 1 N–H and O–H groups in total. The van der Waals surface area contributed by atoms with Crippen LogP contribution in [0.1, 0.15) is 21.0 Å². The minimum atomic E-state index is -3.28. The molecule has 2 rings (SSSR count). The summed E-state index contributed by atoms with van der Waals surface area (Å²) in [5.41, 5.74) is 1.88. The van der Waals surface area contributed by atoms with Crippen molar-refractivity contribution >= 4 is 21.4 Å². The lowest BCUT2D eigenvalue weighted by atomic mass is 10.2. The van der Waals surface area contributed by atoms with Crippen molar-refractivity contribution in [2.24, 2.45) is 0 Å². The van der Waals surface area contributed by atoms with Gasteiger partial charge in [-0.1, -0.05) is 29.8 Å². The largest absolute Gasteiger partial charge is 0.250 e. The normalized spacial score (nSPS) is 11.7. The van der Waals surface area contributed by atoms with Crippen molar-refractivity contribution in [3.8, 4) is 0 Å². The molecule has 0 radical (unpaired) electrons. The molecule has 1 heterocycles. The van der Waals surface area contributed by atoms with E-state index in [2.05, 4.69) is 9.71 Å². The minimum absolute atomic E-state index is 0.0242. The quantitative estimate of drug-likeness (QED) is 0.891. The zero-order valence-corrected chi connectivity index (χ0v) is 13.2. The Balaban J connectivity index is 1.88. The number of aromatic nitrogens is 1. The van der Waals surface area contributed by atoms with Crippen LogP contribution in [-0.2, 0) is 22.2 Å². The molecule has 20 heavy (non-hydrogen) atoms. The summed E-state index contributed by atoms with van der Waals surface area (Å²) in [4.78, 5) is 5.25. The topological polar surface area (TPSA) is 59.1 Å². The Labute approximate surface area is 123 Å². The highest BCUT2D eigenvalue weighted by molar-refractivity contribution is 7.88. The predicted molar refractivity (Wildman–Crippen MR) is 82.4 cm³/mol. The second kappa shape index (κ2) is 6.47. The fraction of sp³-hybridized carbons (Fsp3) is 0.357. The van der Waals surface area contributed by atoms with Gasteiger partial charge in [0.2, 0.25) is 10.0 Å². The van der Waals surface area contributed by atoms with Gasteiger partial charge < -0.3 is 0 Å². The number of aryl methyl sites for hydroxylation is 2. The van der Waals surface area contributed by atoms with Gasteiger partial charge in [0, 0.05) is 17.6 Å². The summed E-state index contributed by atoms with van der Waals surface area (Å²) in [6, 6.07) is 7.56. The lowest BCUT2D eigenvalue weighted by molar-refractivity contribution is 0.581. The van der Waals surface area contributed by atoms with Crippen molar-refractivity contribution in [2.45, 2.75) is 26.0 Å². The van der Waals surface area contributed by atoms with Gasteiger partial charge in [-0.2, -0.15) is 0 Å². The molecule has 0 aliphatic carbocycles. The van der Waals surface area contributed by atoms with Crippen molar-refractivity contribution in [1.29, 1.82) is 0 Å². The van der Waals surface area contributed by atoms with Crippen LogP contribution in [0.2, 0.25) is 0 Å². The van der Waals surface area contributed by atoms with Crippen molar-refractivity contribution in [3.63, 3.8) is 0 Å². The van der Waals surface area contributed by atoms with Crippen LogP contribution in [0.15, 0.2) is 30.5 Å². The molecule has 0 amide bonds. The molecular weight excluding hydrogens is 292 g/mol. The fourth-order valence-corrected chi connectivity index (χ4v) is 3.85. The molecule has 0 aliphatic heterocycles. The molecule has 4 nitrogen and oxygen atoms in total. The lowest BCUT2D eigenvalue weighted by Crippen LogP contribution is -2.27. The third kappa shape index (κ3) is 4.70. The van der Waals surface area contributed by atoms with Gasteiger partial charge in [-0.3, -0.25) is 0 Å². The van der Waals surface area contributed by atoms with E-state index >= 15 is 0 Å². The molecule has 0 atom stereocenters. The number of thiazole rings is 1. The van der Waals surface area contributed by atoms with Crippen LogP contribution in [0.3, 0.4) is 0 Å².